The highest BCUT2D eigenvalue weighted by Crippen LogP contribution is 2.48. The minimum Gasteiger partial charge on any atom is -0.497 e. The van der Waals surface area contributed by atoms with Crippen molar-refractivity contribution in [2.45, 2.75) is 37.8 Å². The summed E-state index contributed by atoms with van der Waals surface area (Å²) >= 11 is 0. The van der Waals surface area contributed by atoms with Gasteiger partial charge in [-0.2, -0.15) is 0 Å². The second kappa shape index (κ2) is 6.23. The van der Waals surface area contributed by atoms with Crippen LogP contribution in [-0.4, -0.2) is 53.7 Å². The fourth-order valence-electron chi connectivity index (χ4n) is 5.49. The predicted molar refractivity (Wildman–Crippen MR) is 102 cm³/mol. The highest BCUT2D eigenvalue weighted by Gasteiger charge is 2.53. The molecule has 2 bridgehead atoms. The molecule has 4 saturated heterocycles. The van der Waals surface area contributed by atoms with Crippen LogP contribution in [0.15, 0.2) is 36.7 Å². The van der Waals surface area contributed by atoms with E-state index in [1.165, 1.54) is 31.5 Å². The summed E-state index contributed by atoms with van der Waals surface area (Å²) in [6.07, 6.45) is 6.25. The van der Waals surface area contributed by atoms with Gasteiger partial charge in [-0.1, -0.05) is 12.1 Å². The first-order valence-corrected chi connectivity index (χ1v) is 9.68. The topological polar surface area (TPSA) is 41.5 Å². The van der Waals surface area contributed by atoms with Crippen molar-refractivity contribution in [3.05, 3.63) is 47.9 Å². The van der Waals surface area contributed by atoms with Crippen molar-refractivity contribution in [3.63, 3.8) is 0 Å². The van der Waals surface area contributed by atoms with Crippen LogP contribution < -0.4 is 9.64 Å². The number of aryl methyl sites for hydroxylation is 1. The van der Waals surface area contributed by atoms with Crippen LogP contribution in [0.2, 0.25) is 0 Å². The molecular weight excluding hydrogens is 324 g/mol. The average molecular weight is 350 g/mol. The van der Waals surface area contributed by atoms with Crippen molar-refractivity contribution in [1.82, 2.24) is 14.9 Å². The number of aromatic nitrogens is 2. The quantitative estimate of drug-likeness (QED) is 0.851. The third-order valence-electron chi connectivity index (χ3n) is 6.67. The number of piperidine rings is 3. The van der Waals surface area contributed by atoms with Gasteiger partial charge in [0, 0.05) is 36.9 Å². The van der Waals surface area contributed by atoms with Crippen molar-refractivity contribution in [1.29, 1.82) is 0 Å². The lowest BCUT2D eigenvalue weighted by molar-refractivity contribution is 0.0354. The molecule has 0 saturated carbocycles. The predicted octanol–water partition coefficient (Wildman–Crippen LogP) is 2.86. The van der Waals surface area contributed by atoms with Gasteiger partial charge < -0.3 is 9.64 Å². The Hall–Kier alpha value is -2.14. The Morgan fingerprint density at radius 1 is 1.00 bits per heavy atom. The molecule has 0 N–H and O–H groups in total. The zero-order chi connectivity index (χ0) is 17.7. The number of rotatable bonds is 3. The van der Waals surface area contributed by atoms with Gasteiger partial charge in [0.2, 0.25) is 0 Å². The molecule has 4 fully saturated rings. The molecular formula is C21H26N4O. The summed E-state index contributed by atoms with van der Waals surface area (Å²) in [7, 11) is 1.73. The fourth-order valence-corrected chi connectivity index (χ4v) is 5.49. The van der Waals surface area contributed by atoms with Crippen LogP contribution in [0.4, 0.5) is 5.82 Å². The van der Waals surface area contributed by atoms with E-state index in [1.54, 1.807) is 13.3 Å². The molecule has 0 unspecified atom stereocenters. The number of benzene rings is 1. The number of methoxy groups -OCH3 is 1. The summed E-state index contributed by atoms with van der Waals surface area (Å²) in [4.78, 5) is 14.5. The number of hydrogen-bond donors (Lipinski definition) is 0. The summed E-state index contributed by atoms with van der Waals surface area (Å²) in [5.74, 6) is 3.28. The van der Waals surface area contributed by atoms with Crippen molar-refractivity contribution in [2.75, 3.05) is 31.6 Å². The number of anilines is 1. The molecule has 0 amide bonds. The largest absolute Gasteiger partial charge is 0.497 e. The minimum atomic E-state index is 0.510. The normalized spacial score (nSPS) is 32.5. The molecule has 3 atom stereocenters. The van der Waals surface area contributed by atoms with Crippen molar-refractivity contribution in [2.24, 2.45) is 5.92 Å². The van der Waals surface area contributed by atoms with Crippen LogP contribution in [0.5, 0.6) is 5.75 Å². The Balaban J connectivity index is 1.55. The first kappa shape index (κ1) is 16.1. The lowest BCUT2D eigenvalue weighted by atomic mass is 9.75. The zero-order valence-corrected chi connectivity index (χ0v) is 15.5. The van der Waals surface area contributed by atoms with Gasteiger partial charge in [-0.05, 0) is 56.5 Å². The van der Waals surface area contributed by atoms with Crippen LogP contribution in [0.1, 0.15) is 30.0 Å². The first-order valence-electron chi connectivity index (χ1n) is 9.68. The van der Waals surface area contributed by atoms with E-state index in [0.717, 1.165) is 29.7 Å². The van der Waals surface area contributed by atoms with Gasteiger partial charge in [0.15, 0.2) is 0 Å². The van der Waals surface area contributed by atoms with Crippen molar-refractivity contribution < 1.29 is 4.74 Å². The van der Waals surface area contributed by atoms with E-state index in [0.29, 0.717) is 18.0 Å². The van der Waals surface area contributed by atoms with E-state index in [1.807, 2.05) is 6.20 Å². The summed E-state index contributed by atoms with van der Waals surface area (Å²) < 4.78 is 5.35. The number of hydrogen-bond acceptors (Lipinski definition) is 5. The Labute approximate surface area is 155 Å². The number of fused-ring (bicyclic) bond motifs is 2. The van der Waals surface area contributed by atoms with Crippen LogP contribution in [-0.2, 0) is 0 Å². The maximum atomic E-state index is 5.35. The molecule has 1 aromatic carbocycles. The second-order valence-corrected chi connectivity index (χ2v) is 7.85. The van der Waals surface area contributed by atoms with E-state index in [9.17, 15) is 0 Å². The van der Waals surface area contributed by atoms with Crippen LogP contribution in [0, 0.1) is 12.8 Å². The van der Waals surface area contributed by atoms with Gasteiger partial charge >= 0.3 is 0 Å². The molecule has 0 aliphatic carbocycles. The van der Waals surface area contributed by atoms with Crippen LogP contribution >= 0.6 is 0 Å². The molecule has 0 spiro atoms. The van der Waals surface area contributed by atoms with E-state index >= 15 is 0 Å². The smallest absolute Gasteiger partial charge is 0.150 e. The maximum absolute atomic E-state index is 5.35. The van der Waals surface area contributed by atoms with Crippen LogP contribution in [0.3, 0.4) is 0 Å². The molecule has 2 aromatic rings. The molecule has 1 aromatic heterocycles. The summed E-state index contributed by atoms with van der Waals surface area (Å²) in [5, 5.41) is 0. The summed E-state index contributed by atoms with van der Waals surface area (Å²) in [6.45, 7) is 5.59. The van der Waals surface area contributed by atoms with E-state index in [-0.39, 0.29) is 0 Å². The zero-order valence-electron chi connectivity index (χ0n) is 15.5. The van der Waals surface area contributed by atoms with Gasteiger partial charge in [-0.15, -0.1) is 0 Å². The molecule has 0 radical (unpaired) electrons. The van der Waals surface area contributed by atoms with Gasteiger partial charge in [-0.3, -0.25) is 9.88 Å². The molecule has 4 aliphatic rings. The van der Waals surface area contributed by atoms with Crippen molar-refractivity contribution in [3.8, 4) is 5.75 Å². The molecule has 26 heavy (non-hydrogen) atoms. The third-order valence-corrected chi connectivity index (χ3v) is 6.67. The van der Waals surface area contributed by atoms with Gasteiger partial charge in [0.1, 0.15) is 11.6 Å². The maximum Gasteiger partial charge on any atom is 0.150 e. The van der Waals surface area contributed by atoms with Crippen molar-refractivity contribution >= 4 is 5.82 Å². The SMILES string of the molecule is COc1ccc([C@H]2CN(c3nccnc3C)[C@H]3C4CCN(CC4)[C@@H]23)cc1. The Bertz CT molecular complexity index is 785. The van der Waals surface area contributed by atoms with Crippen LogP contribution in [0.25, 0.3) is 0 Å². The summed E-state index contributed by atoms with van der Waals surface area (Å²) in [5.41, 5.74) is 2.45. The second-order valence-electron chi connectivity index (χ2n) is 7.85. The van der Waals surface area contributed by atoms with E-state index in [4.69, 9.17) is 9.72 Å². The highest BCUT2D eigenvalue weighted by molar-refractivity contribution is 5.49. The Morgan fingerprint density at radius 3 is 2.42 bits per heavy atom. The molecule has 5 heterocycles. The number of ether oxygens (including phenoxy) is 1. The first-order chi connectivity index (χ1) is 12.8. The molecule has 136 valence electrons. The Kier molecular flexibility index (Phi) is 3.85. The standard InChI is InChI=1S/C21H26N4O/c1-14-21(23-10-9-22-14)25-13-18(15-3-5-17(26-2)6-4-15)20-19(25)16-7-11-24(20)12-8-16/h3-6,9-10,16,18-20H,7-8,11-13H2,1-2H3/t18-,19+,20+/m1/s1. The van der Waals surface area contributed by atoms with E-state index in [2.05, 4.69) is 46.0 Å². The third kappa shape index (κ3) is 2.41. The molecule has 6 rings (SSSR count). The Morgan fingerprint density at radius 2 is 1.73 bits per heavy atom. The fraction of sp³-hybridized carbons (Fsp3) is 0.524. The van der Waals surface area contributed by atoms with E-state index < -0.39 is 0 Å². The molecule has 5 nitrogen and oxygen atoms in total. The minimum absolute atomic E-state index is 0.510. The average Bonchev–Trinajstić information content (AvgIpc) is 3.12. The molecule has 5 heteroatoms. The van der Waals surface area contributed by atoms with Gasteiger partial charge in [-0.25, -0.2) is 4.98 Å². The van der Waals surface area contributed by atoms with Gasteiger partial charge in [0.25, 0.3) is 0 Å². The lowest BCUT2D eigenvalue weighted by Crippen LogP contribution is -2.60. The summed E-state index contributed by atoms with van der Waals surface area (Å²) in [6, 6.07) is 9.82. The monoisotopic (exact) mass is 350 g/mol. The number of nitrogens with zero attached hydrogens (tertiary/aromatic N) is 4. The molecule has 4 aliphatic heterocycles. The highest BCUT2D eigenvalue weighted by atomic mass is 16.5. The van der Waals surface area contributed by atoms with Gasteiger partial charge in [0.05, 0.1) is 12.8 Å². The lowest BCUT2D eigenvalue weighted by Gasteiger charge is -2.51.